The summed E-state index contributed by atoms with van der Waals surface area (Å²) in [5.41, 5.74) is 2.80. The second kappa shape index (κ2) is 5.16. The number of aromatic carboxylic acids is 1. The molecule has 0 atom stereocenters. The molecule has 3 rings (SSSR count). The predicted octanol–water partition coefficient (Wildman–Crippen LogP) is 3.84. The molecule has 1 aromatic rings. The molecule has 1 aromatic carbocycles. The highest BCUT2D eigenvalue weighted by atomic mass is 79.9. The highest BCUT2D eigenvalue weighted by molar-refractivity contribution is 9.10. The van der Waals surface area contributed by atoms with Gasteiger partial charge in [-0.2, -0.15) is 0 Å². The van der Waals surface area contributed by atoms with Gasteiger partial charge in [-0.25, -0.2) is 4.79 Å². The second-order valence-corrected chi connectivity index (χ2v) is 6.36. The number of anilines is 1. The normalized spacial score (nSPS) is 19.5. The minimum atomic E-state index is -0.848. The topological polar surface area (TPSA) is 40.5 Å². The number of hydrogen-bond acceptors (Lipinski definition) is 2. The van der Waals surface area contributed by atoms with E-state index in [1.165, 1.54) is 43.4 Å². The van der Waals surface area contributed by atoms with Crippen molar-refractivity contribution in [3.05, 3.63) is 27.7 Å². The molecule has 1 aliphatic heterocycles. The molecule has 3 nitrogen and oxygen atoms in total. The van der Waals surface area contributed by atoms with Crippen LogP contribution in [-0.4, -0.2) is 23.7 Å². The van der Waals surface area contributed by atoms with Crippen molar-refractivity contribution in [2.75, 3.05) is 11.4 Å². The number of benzene rings is 1. The van der Waals surface area contributed by atoms with Crippen LogP contribution >= 0.6 is 15.9 Å². The van der Waals surface area contributed by atoms with E-state index in [4.69, 9.17) is 5.11 Å². The van der Waals surface area contributed by atoms with Gasteiger partial charge >= 0.3 is 5.97 Å². The van der Waals surface area contributed by atoms with Gasteiger partial charge in [0.25, 0.3) is 0 Å². The van der Waals surface area contributed by atoms with Crippen LogP contribution in [0.3, 0.4) is 0 Å². The lowest BCUT2D eigenvalue weighted by Crippen LogP contribution is -2.35. The maximum absolute atomic E-state index is 11.1. The van der Waals surface area contributed by atoms with Crippen LogP contribution in [0.1, 0.15) is 48.0 Å². The maximum Gasteiger partial charge on any atom is 0.335 e. The molecule has 0 amide bonds. The van der Waals surface area contributed by atoms with Gasteiger partial charge in [0.05, 0.1) is 11.3 Å². The van der Waals surface area contributed by atoms with Crippen LogP contribution in [0.4, 0.5) is 5.69 Å². The Morgan fingerprint density at radius 3 is 2.68 bits per heavy atom. The summed E-state index contributed by atoms with van der Waals surface area (Å²) in [6.07, 6.45) is 7.50. The number of hydrogen-bond donors (Lipinski definition) is 1. The standard InChI is InChI=1S/C15H18BrNO2/c16-13-9-11(15(18)19)8-10-6-7-17(14(10)13)12-4-2-1-3-5-12/h8-9,12H,1-7H2,(H,18,19). The fourth-order valence-electron chi connectivity index (χ4n) is 3.40. The van der Waals surface area contributed by atoms with Gasteiger partial charge in [-0.3, -0.25) is 0 Å². The number of rotatable bonds is 2. The van der Waals surface area contributed by atoms with Gasteiger partial charge in [0.2, 0.25) is 0 Å². The Labute approximate surface area is 121 Å². The van der Waals surface area contributed by atoms with Gasteiger partial charge < -0.3 is 10.0 Å². The Balaban J connectivity index is 1.93. The summed E-state index contributed by atoms with van der Waals surface area (Å²) in [5.74, 6) is -0.848. The Morgan fingerprint density at radius 2 is 2.00 bits per heavy atom. The van der Waals surface area contributed by atoms with E-state index in [2.05, 4.69) is 20.8 Å². The fraction of sp³-hybridized carbons (Fsp3) is 0.533. The molecule has 19 heavy (non-hydrogen) atoms. The molecule has 4 heteroatoms. The summed E-state index contributed by atoms with van der Waals surface area (Å²) in [7, 11) is 0. The molecule has 0 bridgehead atoms. The minimum absolute atomic E-state index is 0.385. The zero-order valence-corrected chi connectivity index (χ0v) is 12.4. The summed E-state index contributed by atoms with van der Waals surface area (Å²) in [6, 6.07) is 4.22. The van der Waals surface area contributed by atoms with Crippen LogP contribution in [0.2, 0.25) is 0 Å². The molecule has 1 aliphatic carbocycles. The Morgan fingerprint density at radius 1 is 1.26 bits per heavy atom. The van der Waals surface area contributed by atoms with E-state index in [0.29, 0.717) is 11.6 Å². The van der Waals surface area contributed by atoms with Crippen molar-refractivity contribution in [2.24, 2.45) is 0 Å². The van der Waals surface area contributed by atoms with Crippen LogP contribution in [0.5, 0.6) is 0 Å². The Bertz CT molecular complexity index is 509. The summed E-state index contributed by atoms with van der Waals surface area (Å²) < 4.78 is 0.936. The zero-order valence-electron chi connectivity index (χ0n) is 10.9. The lowest BCUT2D eigenvalue weighted by Gasteiger charge is -2.33. The summed E-state index contributed by atoms with van der Waals surface area (Å²) in [4.78, 5) is 13.6. The van der Waals surface area contributed by atoms with Gasteiger partial charge in [0.15, 0.2) is 0 Å². The first kappa shape index (κ1) is 13.0. The summed E-state index contributed by atoms with van der Waals surface area (Å²) >= 11 is 3.57. The average Bonchev–Trinajstić information content (AvgIpc) is 2.84. The molecule has 2 aliphatic rings. The molecular weight excluding hydrogens is 306 g/mol. The smallest absolute Gasteiger partial charge is 0.335 e. The highest BCUT2D eigenvalue weighted by Crippen LogP contribution is 2.40. The van der Waals surface area contributed by atoms with Gasteiger partial charge in [0, 0.05) is 17.1 Å². The number of carboxylic acids is 1. The van der Waals surface area contributed by atoms with Crippen LogP contribution in [-0.2, 0) is 6.42 Å². The second-order valence-electron chi connectivity index (χ2n) is 5.51. The SMILES string of the molecule is O=C(O)c1cc(Br)c2c(c1)CCN2C1CCCCC1. The molecule has 1 N–H and O–H groups in total. The number of nitrogens with zero attached hydrogens (tertiary/aromatic N) is 1. The maximum atomic E-state index is 11.1. The third-order valence-corrected chi connectivity index (χ3v) is 4.92. The first-order valence-corrected chi connectivity index (χ1v) is 7.78. The number of carboxylic acid groups (broad SMARTS) is 1. The van der Waals surface area contributed by atoms with Gasteiger partial charge in [0.1, 0.15) is 0 Å². The highest BCUT2D eigenvalue weighted by Gasteiger charge is 2.29. The third-order valence-electron chi connectivity index (χ3n) is 4.31. The molecule has 0 radical (unpaired) electrons. The summed E-state index contributed by atoms with van der Waals surface area (Å²) in [6.45, 7) is 1.03. The van der Waals surface area contributed by atoms with Gasteiger partial charge in [-0.15, -0.1) is 0 Å². The monoisotopic (exact) mass is 323 g/mol. The van der Waals surface area contributed by atoms with Crippen molar-refractivity contribution in [2.45, 2.75) is 44.6 Å². The first-order valence-electron chi connectivity index (χ1n) is 6.99. The van der Waals surface area contributed by atoms with Crippen molar-refractivity contribution in [1.82, 2.24) is 0 Å². The van der Waals surface area contributed by atoms with E-state index in [1.54, 1.807) is 6.07 Å². The van der Waals surface area contributed by atoms with Gasteiger partial charge in [-0.05, 0) is 52.9 Å². The Kier molecular flexibility index (Phi) is 3.52. The van der Waals surface area contributed by atoms with Crippen molar-refractivity contribution < 1.29 is 9.90 Å². The third kappa shape index (κ3) is 2.38. The average molecular weight is 324 g/mol. The van der Waals surface area contributed by atoms with Crippen LogP contribution in [0, 0.1) is 0 Å². The quantitative estimate of drug-likeness (QED) is 0.898. The number of halogens is 1. The molecule has 1 heterocycles. The van der Waals surface area contributed by atoms with Crippen molar-refractivity contribution >= 4 is 27.6 Å². The van der Waals surface area contributed by atoms with E-state index >= 15 is 0 Å². The van der Waals surface area contributed by atoms with Gasteiger partial charge in [-0.1, -0.05) is 19.3 Å². The first-order chi connectivity index (χ1) is 9.16. The molecule has 0 saturated heterocycles. The van der Waals surface area contributed by atoms with Crippen LogP contribution in [0.15, 0.2) is 16.6 Å². The molecule has 1 fully saturated rings. The molecule has 0 aromatic heterocycles. The van der Waals surface area contributed by atoms with Crippen molar-refractivity contribution in [3.8, 4) is 0 Å². The largest absolute Gasteiger partial charge is 0.478 e. The van der Waals surface area contributed by atoms with E-state index in [-0.39, 0.29) is 0 Å². The minimum Gasteiger partial charge on any atom is -0.478 e. The molecule has 1 saturated carbocycles. The van der Waals surface area contributed by atoms with Crippen LogP contribution < -0.4 is 4.90 Å². The van der Waals surface area contributed by atoms with Crippen molar-refractivity contribution in [1.29, 1.82) is 0 Å². The summed E-state index contributed by atoms with van der Waals surface area (Å²) in [5, 5.41) is 9.12. The molecule has 0 unspecified atom stereocenters. The zero-order chi connectivity index (χ0) is 13.4. The van der Waals surface area contributed by atoms with E-state index in [1.807, 2.05) is 6.07 Å². The number of fused-ring (bicyclic) bond motifs is 1. The molecular formula is C15H18BrNO2. The molecule has 102 valence electrons. The fourth-order valence-corrected chi connectivity index (χ4v) is 4.13. The van der Waals surface area contributed by atoms with E-state index in [0.717, 1.165) is 17.4 Å². The molecule has 0 spiro atoms. The van der Waals surface area contributed by atoms with Crippen molar-refractivity contribution in [3.63, 3.8) is 0 Å². The lowest BCUT2D eigenvalue weighted by molar-refractivity contribution is 0.0696. The Hall–Kier alpha value is -1.03. The van der Waals surface area contributed by atoms with Crippen LogP contribution in [0.25, 0.3) is 0 Å². The van der Waals surface area contributed by atoms with E-state index < -0.39 is 5.97 Å². The lowest BCUT2D eigenvalue weighted by atomic mass is 9.94. The van der Waals surface area contributed by atoms with E-state index in [9.17, 15) is 4.79 Å². The number of carbonyl (C=O) groups is 1. The predicted molar refractivity (Wildman–Crippen MR) is 79.0 cm³/mol.